The highest BCUT2D eigenvalue weighted by Gasteiger charge is 2.22. The van der Waals surface area contributed by atoms with Crippen LogP contribution in [0.4, 0.5) is 5.69 Å². The van der Waals surface area contributed by atoms with E-state index in [1.54, 1.807) is 0 Å². The van der Waals surface area contributed by atoms with E-state index in [0.29, 0.717) is 17.9 Å². The van der Waals surface area contributed by atoms with Crippen molar-refractivity contribution >= 4 is 11.6 Å². The Morgan fingerprint density at radius 3 is 3.05 bits per heavy atom. The highest BCUT2D eigenvalue weighted by molar-refractivity contribution is 5.93. The molecule has 5 heteroatoms. The van der Waals surface area contributed by atoms with E-state index in [-0.39, 0.29) is 0 Å². The predicted octanol–water partition coefficient (Wildman–Crippen LogP) is 1.40. The maximum Gasteiger partial charge on any atom is 0.193 e. The largest absolute Gasteiger partial charge is 0.370 e. The van der Waals surface area contributed by atoms with E-state index in [0.717, 1.165) is 25.2 Å². The minimum absolute atomic E-state index is 0.436. The molecule has 5 N–H and O–H groups in total. The van der Waals surface area contributed by atoms with Gasteiger partial charge in [-0.25, -0.2) is 0 Å². The van der Waals surface area contributed by atoms with E-state index >= 15 is 0 Å². The van der Waals surface area contributed by atoms with Gasteiger partial charge in [-0.2, -0.15) is 0 Å². The number of nitrogens with two attached hydrogens (primary N) is 1. The predicted molar refractivity (Wildman–Crippen MR) is 87.3 cm³/mol. The topological polar surface area (TPSA) is 74.5 Å². The van der Waals surface area contributed by atoms with Gasteiger partial charge in [-0.05, 0) is 49.8 Å². The Balaban J connectivity index is 1.65. The van der Waals surface area contributed by atoms with E-state index in [2.05, 4.69) is 46.3 Å². The second-order valence-electron chi connectivity index (χ2n) is 6.08. The highest BCUT2D eigenvalue weighted by Crippen LogP contribution is 2.27. The first-order chi connectivity index (χ1) is 10.2. The summed E-state index contributed by atoms with van der Waals surface area (Å²) in [5.41, 5.74) is 16.4. The molecule has 0 saturated carbocycles. The van der Waals surface area contributed by atoms with Crippen molar-refractivity contribution in [2.24, 2.45) is 16.6 Å². The van der Waals surface area contributed by atoms with Crippen LogP contribution in [0.5, 0.6) is 0 Å². The molecule has 2 atom stereocenters. The molecule has 2 aliphatic rings. The summed E-state index contributed by atoms with van der Waals surface area (Å²) in [5.74, 6) is 1.02. The molecule has 0 bridgehead atoms. The average Bonchev–Trinajstić information content (AvgIpc) is 2.91. The molecule has 1 heterocycles. The van der Waals surface area contributed by atoms with Crippen molar-refractivity contribution in [1.82, 2.24) is 10.9 Å². The Bertz CT molecular complexity index is 525. The molecule has 21 heavy (non-hydrogen) atoms. The van der Waals surface area contributed by atoms with Crippen LogP contribution in [0.15, 0.2) is 23.2 Å². The molecular weight excluding hydrogens is 262 g/mol. The summed E-state index contributed by atoms with van der Waals surface area (Å²) in [4.78, 5) is 4.50. The summed E-state index contributed by atoms with van der Waals surface area (Å²) >= 11 is 0. The smallest absolute Gasteiger partial charge is 0.193 e. The third-order valence-corrected chi connectivity index (χ3v) is 4.56. The first kappa shape index (κ1) is 14.4. The second kappa shape index (κ2) is 6.45. The van der Waals surface area contributed by atoms with Crippen LogP contribution in [0.25, 0.3) is 0 Å². The SMILES string of the molecule is CC1NNCC1CN=C(N)Nc1cccc2c1CCCC2. The van der Waals surface area contributed by atoms with E-state index in [9.17, 15) is 0 Å². The Morgan fingerprint density at radius 1 is 1.38 bits per heavy atom. The van der Waals surface area contributed by atoms with Crippen LogP contribution in [0.2, 0.25) is 0 Å². The summed E-state index contributed by atoms with van der Waals surface area (Å²) in [6.45, 7) is 3.85. The van der Waals surface area contributed by atoms with Crippen LogP contribution in [0.3, 0.4) is 0 Å². The lowest BCUT2D eigenvalue weighted by molar-refractivity contribution is 0.500. The Hall–Kier alpha value is -1.59. The van der Waals surface area contributed by atoms with Crippen molar-refractivity contribution in [3.05, 3.63) is 29.3 Å². The number of rotatable bonds is 3. The molecule has 5 nitrogen and oxygen atoms in total. The molecular formula is C16H25N5. The summed E-state index contributed by atoms with van der Waals surface area (Å²) in [6.07, 6.45) is 4.87. The summed E-state index contributed by atoms with van der Waals surface area (Å²) in [6, 6.07) is 6.87. The fraction of sp³-hybridized carbons (Fsp3) is 0.562. The standard InChI is InChI=1S/C16H25N5/c1-11-13(10-19-21-11)9-18-16(17)20-15-8-4-6-12-5-2-3-7-14(12)15/h4,6,8,11,13,19,21H,2-3,5,7,9-10H2,1H3,(H3,17,18,20). The maximum atomic E-state index is 6.06. The van der Waals surface area contributed by atoms with Gasteiger partial charge in [-0.3, -0.25) is 15.8 Å². The normalized spacial score (nSPS) is 25.7. The Morgan fingerprint density at radius 2 is 2.24 bits per heavy atom. The van der Waals surface area contributed by atoms with Gasteiger partial charge in [0, 0.05) is 30.7 Å². The van der Waals surface area contributed by atoms with E-state index in [4.69, 9.17) is 5.73 Å². The lowest BCUT2D eigenvalue weighted by Gasteiger charge is -2.20. The van der Waals surface area contributed by atoms with Gasteiger partial charge in [0.2, 0.25) is 0 Å². The van der Waals surface area contributed by atoms with Gasteiger partial charge in [-0.15, -0.1) is 0 Å². The summed E-state index contributed by atoms with van der Waals surface area (Å²) in [7, 11) is 0. The molecule has 1 aromatic rings. The number of fused-ring (bicyclic) bond motifs is 1. The number of aliphatic imine (C=N–C) groups is 1. The number of nitrogens with one attached hydrogen (secondary N) is 3. The monoisotopic (exact) mass is 287 g/mol. The van der Waals surface area contributed by atoms with Crippen LogP contribution in [-0.4, -0.2) is 25.1 Å². The van der Waals surface area contributed by atoms with Gasteiger partial charge in [0.05, 0.1) is 0 Å². The zero-order chi connectivity index (χ0) is 14.7. The van der Waals surface area contributed by atoms with Crippen LogP contribution >= 0.6 is 0 Å². The number of aryl methyl sites for hydroxylation is 1. The summed E-state index contributed by atoms with van der Waals surface area (Å²) in [5, 5.41) is 3.30. The molecule has 0 radical (unpaired) electrons. The quantitative estimate of drug-likeness (QED) is 0.501. The van der Waals surface area contributed by atoms with Crippen molar-refractivity contribution in [2.75, 3.05) is 18.4 Å². The van der Waals surface area contributed by atoms with Gasteiger partial charge in [0.15, 0.2) is 5.96 Å². The van der Waals surface area contributed by atoms with Gasteiger partial charge < -0.3 is 11.1 Å². The summed E-state index contributed by atoms with van der Waals surface area (Å²) < 4.78 is 0. The lowest BCUT2D eigenvalue weighted by atomic mass is 9.90. The molecule has 0 aromatic heterocycles. The number of hydrogen-bond acceptors (Lipinski definition) is 3. The fourth-order valence-electron chi connectivity index (χ4n) is 3.16. The van der Waals surface area contributed by atoms with Crippen molar-refractivity contribution in [3.8, 4) is 0 Å². The fourth-order valence-corrected chi connectivity index (χ4v) is 3.16. The van der Waals surface area contributed by atoms with Crippen molar-refractivity contribution < 1.29 is 0 Å². The van der Waals surface area contributed by atoms with Crippen LogP contribution in [-0.2, 0) is 12.8 Å². The number of hydrazine groups is 1. The maximum absolute atomic E-state index is 6.06. The Kier molecular flexibility index (Phi) is 4.41. The minimum atomic E-state index is 0.436. The molecule has 0 amide bonds. The number of nitrogens with zero attached hydrogens (tertiary/aromatic N) is 1. The molecule has 1 saturated heterocycles. The first-order valence-electron chi connectivity index (χ1n) is 7.90. The van der Waals surface area contributed by atoms with Gasteiger partial charge in [0.1, 0.15) is 0 Å². The zero-order valence-corrected chi connectivity index (χ0v) is 12.7. The van der Waals surface area contributed by atoms with Crippen LogP contribution in [0.1, 0.15) is 30.9 Å². The molecule has 2 unspecified atom stereocenters. The number of guanidine groups is 1. The van der Waals surface area contributed by atoms with Gasteiger partial charge >= 0.3 is 0 Å². The molecule has 3 rings (SSSR count). The minimum Gasteiger partial charge on any atom is -0.370 e. The average molecular weight is 287 g/mol. The number of benzene rings is 1. The first-order valence-corrected chi connectivity index (χ1v) is 7.90. The third-order valence-electron chi connectivity index (χ3n) is 4.56. The van der Waals surface area contributed by atoms with Crippen molar-refractivity contribution in [3.63, 3.8) is 0 Å². The van der Waals surface area contributed by atoms with Crippen molar-refractivity contribution in [1.29, 1.82) is 0 Å². The molecule has 1 aliphatic carbocycles. The number of anilines is 1. The van der Waals surface area contributed by atoms with Crippen LogP contribution < -0.4 is 21.9 Å². The van der Waals surface area contributed by atoms with E-state index in [1.165, 1.54) is 30.4 Å². The molecule has 1 aliphatic heterocycles. The van der Waals surface area contributed by atoms with E-state index < -0.39 is 0 Å². The Labute approximate surface area is 126 Å². The van der Waals surface area contributed by atoms with Crippen LogP contribution in [0, 0.1) is 5.92 Å². The number of hydrogen-bond donors (Lipinski definition) is 4. The molecule has 0 spiro atoms. The highest BCUT2D eigenvalue weighted by atomic mass is 15.4. The zero-order valence-electron chi connectivity index (χ0n) is 12.7. The van der Waals surface area contributed by atoms with Gasteiger partial charge in [-0.1, -0.05) is 12.1 Å². The van der Waals surface area contributed by atoms with Crippen molar-refractivity contribution in [2.45, 2.75) is 38.6 Å². The molecule has 1 aromatic carbocycles. The van der Waals surface area contributed by atoms with Gasteiger partial charge in [0.25, 0.3) is 0 Å². The molecule has 114 valence electrons. The van der Waals surface area contributed by atoms with E-state index in [1.807, 2.05) is 0 Å². The molecule has 1 fully saturated rings. The second-order valence-corrected chi connectivity index (χ2v) is 6.08. The lowest BCUT2D eigenvalue weighted by Crippen LogP contribution is -2.30. The third kappa shape index (κ3) is 3.36.